The summed E-state index contributed by atoms with van der Waals surface area (Å²) in [5.41, 5.74) is 0. The number of rotatable bonds is 34. The smallest absolute Gasteiger partial charge is 0.306 e. The van der Waals surface area contributed by atoms with Gasteiger partial charge in [-0.3, -0.25) is 14.4 Å². The van der Waals surface area contributed by atoms with Gasteiger partial charge >= 0.3 is 17.9 Å². The minimum Gasteiger partial charge on any atom is -0.462 e. The van der Waals surface area contributed by atoms with Crippen LogP contribution in [0.4, 0.5) is 0 Å². The van der Waals surface area contributed by atoms with Gasteiger partial charge in [0, 0.05) is 19.3 Å². The molecule has 0 spiro atoms. The molecule has 0 aromatic heterocycles. The van der Waals surface area contributed by atoms with Crippen molar-refractivity contribution in [2.75, 3.05) is 13.2 Å². The fraction of sp³-hybridized carbons (Fsp3) is 0.925. The number of unbranched alkanes of at least 4 members (excludes halogenated alkanes) is 19. The van der Waals surface area contributed by atoms with E-state index in [0.29, 0.717) is 19.3 Å². The highest BCUT2D eigenvalue weighted by molar-refractivity contribution is 5.71. The minimum atomic E-state index is -0.759. The van der Waals surface area contributed by atoms with Crippen LogP contribution < -0.4 is 0 Å². The third-order valence-electron chi connectivity index (χ3n) is 8.72. The van der Waals surface area contributed by atoms with Crippen LogP contribution in [0.2, 0.25) is 0 Å². The molecule has 1 atom stereocenters. The van der Waals surface area contributed by atoms with Gasteiger partial charge in [-0.2, -0.15) is 0 Å². The molecule has 6 nitrogen and oxygen atoms in total. The first-order chi connectivity index (χ1) is 22.2. The zero-order valence-corrected chi connectivity index (χ0v) is 31.2. The van der Waals surface area contributed by atoms with Gasteiger partial charge in [-0.1, -0.05) is 169 Å². The van der Waals surface area contributed by atoms with Crippen molar-refractivity contribution in [3.8, 4) is 0 Å². The van der Waals surface area contributed by atoms with Crippen LogP contribution in [0.1, 0.15) is 208 Å². The van der Waals surface area contributed by atoms with E-state index in [1.165, 1.54) is 96.3 Å². The Morgan fingerprint density at radius 3 is 1.07 bits per heavy atom. The Morgan fingerprint density at radius 1 is 0.413 bits per heavy atom. The molecule has 0 aliphatic heterocycles. The van der Waals surface area contributed by atoms with Gasteiger partial charge in [-0.15, -0.1) is 0 Å². The lowest BCUT2D eigenvalue weighted by molar-refractivity contribution is -0.167. The summed E-state index contributed by atoms with van der Waals surface area (Å²) in [5, 5.41) is 0. The molecule has 0 bridgehead atoms. The summed E-state index contributed by atoms with van der Waals surface area (Å²) in [5.74, 6) is 0.669. The summed E-state index contributed by atoms with van der Waals surface area (Å²) >= 11 is 0. The highest BCUT2D eigenvalue weighted by Gasteiger charge is 2.19. The first-order valence-corrected chi connectivity index (χ1v) is 19.7. The van der Waals surface area contributed by atoms with Gasteiger partial charge in [-0.05, 0) is 31.1 Å². The number of hydrogen-bond donors (Lipinski definition) is 0. The molecule has 0 saturated carbocycles. The van der Waals surface area contributed by atoms with E-state index in [2.05, 4.69) is 34.6 Å². The molecule has 6 heteroatoms. The Morgan fingerprint density at radius 2 is 0.717 bits per heavy atom. The van der Waals surface area contributed by atoms with Crippen LogP contribution in [-0.2, 0) is 28.6 Å². The zero-order chi connectivity index (χ0) is 34.1. The summed E-state index contributed by atoms with van der Waals surface area (Å²) < 4.78 is 16.6. The molecule has 0 unspecified atom stereocenters. The molecule has 0 radical (unpaired) electrons. The molecule has 0 rings (SSSR count). The summed E-state index contributed by atoms with van der Waals surface area (Å²) in [6.45, 7) is 11.2. The maximum absolute atomic E-state index is 12.6. The molecule has 0 aromatic carbocycles. The quantitative estimate of drug-likeness (QED) is 0.0391. The van der Waals surface area contributed by atoms with E-state index in [0.717, 1.165) is 69.6 Å². The molecule has 0 aliphatic carbocycles. The highest BCUT2D eigenvalue weighted by atomic mass is 16.6. The first kappa shape index (κ1) is 44.4. The fourth-order valence-corrected chi connectivity index (χ4v) is 5.69. The third-order valence-corrected chi connectivity index (χ3v) is 8.72. The van der Waals surface area contributed by atoms with Crippen molar-refractivity contribution in [3.63, 3.8) is 0 Å². The molecule has 0 saturated heterocycles. The zero-order valence-electron chi connectivity index (χ0n) is 31.2. The van der Waals surface area contributed by atoms with Gasteiger partial charge in [-0.25, -0.2) is 0 Å². The Balaban J connectivity index is 4.36. The first-order valence-electron chi connectivity index (χ1n) is 19.7. The maximum Gasteiger partial charge on any atom is 0.306 e. The molecule has 0 aliphatic rings. The largest absolute Gasteiger partial charge is 0.462 e. The standard InChI is InChI=1S/C40H76O6/c1-6-7-8-9-10-11-14-22-27-32-40(43)46-37(34-45-39(42)31-26-21-17-16-19-24-29-36(4)5)33-44-38(41)30-25-20-15-12-13-18-23-28-35(2)3/h35-37H,6-34H2,1-5H3/t37-/m1/s1. The van der Waals surface area contributed by atoms with Gasteiger partial charge < -0.3 is 14.2 Å². The lowest BCUT2D eigenvalue weighted by Gasteiger charge is -2.18. The molecule has 0 N–H and O–H groups in total. The maximum atomic E-state index is 12.6. The van der Waals surface area contributed by atoms with Crippen molar-refractivity contribution < 1.29 is 28.6 Å². The number of carbonyl (C=O) groups is 3. The summed E-state index contributed by atoms with van der Waals surface area (Å²) in [6.07, 6.45) is 28.2. The van der Waals surface area contributed by atoms with Crippen LogP contribution in [0.3, 0.4) is 0 Å². The SMILES string of the molecule is CCCCCCCCCCCC(=O)O[C@H](COC(=O)CCCCCCCCCC(C)C)COC(=O)CCCCCCCCC(C)C. The molecule has 272 valence electrons. The van der Waals surface area contributed by atoms with Crippen molar-refractivity contribution >= 4 is 17.9 Å². The van der Waals surface area contributed by atoms with E-state index >= 15 is 0 Å². The molecule has 0 aromatic rings. The predicted octanol–water partition coefficient (Wildman–Crippen LogP) is 11.8. The van der Waals surface area contributed by atoms with Crippen molar-refractivity contribution in [2.24, 2.45) is 11.8 Å². The van der Waals surface area contributed by atoms with Gasteiger partial charge in [0.1, 0.15) is 13.2 Å². The number of carbonyl (C=O) groups excluding carboxylic acids is 3. The average molecular weight is 653 g/mol. The van der Waals surface area contributed by atoms with Crippen molar-refractivity contribution in [2.45, 2.75) is 214 Å². The molecule has 0 heterocycles. The average Bonchev–Trinajstić information content (AvgIpc) is 3.01. The number of ether oxygens (including phenoxy) is 3. The molecule has 0 fully saturated rings. The second-order valence-electron chi connectivity index (χ2n) is 14.5. The van der Waals surface area contributed by atoms with E-state index in [1.54, 1.807) is 0 Å². The Kier molecular flexibility index (Phi) is 32.2. The van der Waals surface area contributed by atoms with Crippen LogP contribution in [0.5, 0.6) is 0 Å². The second-order valence-corrected chi connectivity index (χ2v) is 14.5. The fourth-order valence-electron chi connectivity index (χ4n) is 5.69. The highest BCUT2D eigenvalue weighted by Crippen LogP contribution is 2.15. The Labute approximate surface area is 285 Å². The lowest BCUT2D eigenvalue weighted by Crippen LogP contribution is -2.30. The molecule has 0 amide bonds. The molecular weight excluding hydrogens is 576 g/mol. The van der Waals surface area contributed by atoms with Crippen LogP contribution >= 0.6 is 0 Å². The van der Waals surface area contributed by atoms with Crippen LogP contribution in [0.25, 0.3) is 0 Å². The number of esters is 3. The van der Waals surface area contributed by atoms with E-state index in [9.17, 15) is 14.4 Å². The normalized spacial score (nSPS) is 12.1. The van der Waals surface area contributed by atoms with Crippen molar-refractivity contribution in [1.82, 2.24) is 0 Å². The number of hydrogen-bond acceptors (Lipinski definition) is 6. The monoisotopic (exact) mass is 653 g/mol. The second kappa shape index (κ2) is 33.3. The third kappa shape index (κ3) is 33.8. The van der Waals surface area contributed by atoms with Gasteiger partial charge in [0.15, 0.2) is 6.10 Å². The molecule has 46 heavy (non-hydrogen) atoms. The van der Waals surface area contributed by atoms with Crippen molar-refractivity contribution in [3.05, 3.63) is 0 Å². The topological polar surface area (TPSA) is 78.9 Å². The van der Waals surface area contributed by atoms with E-state index < -0.39 is 6.10 Å². The van der Waals surface area contributed by atoms with Gasteiger partial charge in [0.05, 0.1) is 0 Å². The molecular formula is C40H76O6. The summed E-state index contributed by atoms with van der Waals surface area (Å²) in [4.78, 5) is 37.4. The van der Waals surface area contributed by atoms with E-state index in [4.69, 9.17) is 14.2 Å². The van der Waals surface area contributed by atoms with Gasteiger partial charge in [0.25, 0.3) is 0 Å². The summed E-state index contributed by atoms with van der Waals surface area (Å²) in [6, 6.07) is 0. The predicted molar refractivity (Wildman–Crippen MR) is 192 cm³/mol. The Bertz CT molecular complexity index is 704. The Hall–Kier alpha value is -1.59. The van der Waals surface area contributed by atoms with Crippen LogP contribution in [0, 0.1) is 11.8 Å². The minimum absolute atomic E-state index is 0.0676. The van der Waals surface area contributed by atoms with E-state index in [1.807, 2.05) is 0 Å². The van der Waals surface area contributed by atoms with E-state index in [-0.39, 0.29) is 31.1 Å². The van der Waals surface area contributed by atoms with Crippen molar-refractivity contribution in [1.29, 1.82) is 0 Å². The van der Waals surface area contributed by atoms with Gasteiger partial charge in [0.2, 0.25) is 0 Å². The van der Waals surface area contributed by atoms with Crippen LogP contribution in [-0.4, -0.2) is 37.2 Å². The van der Waals surface area contributed by atoms with Crippen LogP contribution in [0.15, 0.2) is 0 Å². The summed E-state index contributed by atoms with van der Waals surface area (Å²) in [7, 11) is 0. The lowest BCUT2D eigenvalue weighted by atomic mass is 10.0.